The first-order chi connectivity index (χ1) is 11.8. The maximum Gasteiger partial charge on any atom is 0.280 e. The zero-order valence-corrected chi connectivity index (χ0v) is 14.5. The summed E-state index contributed by atoms with van der Waals surface area (Å²) in [6, 6.07) is 3.98. The van der Waals surface area contributed by atoms with Crippen LogP contribution >= 0.6 is 11.3 Å². The van der Waals surface area contributed by atoms with E-state index >= 15 is 0 Å². The van der Waals surface area contributed by atoms with Gasteiger partial charge < -0.3 is 19.7 Å². The molecule has 1 saturated heterocycles. The molecule has 2 fully saturated rings. The van der Waals surface area contributed by atoms with Crippen LogP contribution in [0.4, 0.5) is 5.69 Å². The molecule has 1 N–H and O–H groups in total. The number of morpholine rings is 1. The first-order valence-electron chi connectivity index (χ1n) is 8.34. The Morgan fingerprint density at radius 2 is 2.21 bits per heavy atom. The summed E-state index contributed by atoms with van der Waals surface area (Å²) in [7, 11) is 1.63. The predicted molar refractivity (Wildman–Crippen MR) is 94.3 cm³/mol. The molecule has 2 aliphatic rings. The highest BCUT2D eigenvalue weighted by atomic mass is 32.1. The Morgan fingerprint density at radius 1 is 1.42 bits per heavy atom. The number of benzene rings is 1. The zero-order chi connectivity index (χ0) is 16.5. The average molecular weight is 347 g/mol. The van der Waals surface area contributed by atoms with Crippen molar-refractivity contribution in [1.82, 2.24) is 10.3 Å². The molecule has 0 unspecified atom stereocenters. The van der Waals surface area contributed by atoms with E-state index in [0.717, 1.165) is 48.8 Å². The van der Waals surface area contributed by atoms with Crippen molar-refractivity contribution in [2.24, 2.45) is 5.92 Å². The van der Waals surface area contributed by atoms with E-state index in [1.54, 1.807) is 7.11 Å². The molecule has 128 valence electrons. The van der Waals surface area contributed by atoms with Crippen LogP contribution in [0.3, 0.4) is 0 Å². The minimum atomic E-state index is -0.0851. The minimum Gasteiger partial charge on any atom is -0.494 e. The Hall–Kier alpha value is -1.86. The zero-order valence-electron chi connectivity index (χ0n) is 13.7. The lowest BCUT2D eigenvalue weighted by Crippen LogP contribution is -2.36. The van der Waals surface area contributed by atoms with Gasteiger partial charge in [-0.25, -0.2) is 4.98 Å². The number of carbonyl (C=O) groups is 1. The summed E-state index contributed by atoms with van der Waals surface area (Å²) in [6.07, 6.45) is 2.43. The van der Waals surface area contributed by atoms with E-state index in [1.807, 2.05) is 6.07 Å². The van der Waals surface area contributed by atoms with Gasteiger partial charge in [0, 0.05) is 19.6 Å². The van der Waals surface area contributed by atoms with Gasteiger partial charge in [0.15, 0.2) is 5.01 Å². The number of hydrogen-bond acceptors (Lipinski definition) is 6. The van der Waals surface area contributed by atoms with Gasteiger partial charge in [0.25, 0.3) is 5.91 Å². The number of carbonyl (C=O) groups excluding carboxylic acids is 1. The van der Waals surface area contributed by atoms with Crippen LogP contribution in [-0.2, 0) is 4.74 Å². The highest BCUT2D eigenvalue weighted by Crippen LogP contribution is 2.38. The van der Waals surface area contributed by atoms with Gasteiger partial charge in [-0.05, 0) is 30.9 Å². The summed E-state index contributed by atoms with van der Waals surface area (Å²) in [4.78, 5) is 19.2. The fourth-order valence-electron chi connectivity index (χ4n) is 2.92. The van der Waals surface area contributed by atoms with Gasteiger partial charge >= 0.3 is 0 Å². The Morgan fingerprint density at radius 3 is 2.92 bits per heavy atom. The lowest BCUT2D eigenvalue weighted by Gasteiger charge is -2.29. The Labute approximate surface area is 144 Å². The van der Waals surface area contributed by atoms with Gasteiger partial charge in [0.05, 0.1) is 30.7 Å². The number of nitrogens with zero attached hydrogens (tertiary/aromatic N) is 2. The van der Waals surface area contributed by atoms with Crippen molar-refractivity contribution in [3.63, 3.8) is 0 Å². The van der Waals surface area contributed by atoms with Crippen LogP contribution in [0.25, 0.3) is 10.2 Å². The van der Waals surface area contributed by atoms with Crippen LogP contribution in [0, 0.1) is 5.92 Å². The van der Waals surface area contributed by atoms with Crippen molar-refractivity contribution in [2.45, 2.75) is 12.8 Å². The molecule has 1 aromatic carbocycles. The molecule has 24 heavy (non-hydrogen) atoms. The van der Waals surface area contributed by atoms with Gasteiger partial charge in [-0.3, -0.25) is 4.79 Å². The molecule has 0 spiro atoms. The molecular formula is C17H21N3O3S. The highest BCUT2D eigenvalue weighted by Gasteiger charge is 2.24. The number of rotatable bonds is 5. The minimum absolute atomic E-state index is 0.0851. The summed E-state index contributed by atoms with van der Waals surface area (Å²) in [6.45, 7) is 3.90. The van der Waals surface area contributed by atoms with E-state index in [1.165, 1.54) is 24.2 Å². The molecule has 2 aromatic rings. The smallest absolute Gasteiger partial charge is 0.280 e. The molecule has 7 heteroatoms. The molecule has 1 amide bonds. The Balaban J connectivity index is 1.67. The maximum atomic E-state index is 12.4. The van der Waals surface area contributed by atoms with Crippen molar-refractivity contribution in [3.8, 4) is 5.75 Å². The van der Waals surface area contributed by atoms with Crippen molar-refractivity contribution in [1.29, 1.82) is 0 Å². The predicted octanol–water partition coefficient (Wildman–Crippen LogP) is 2.28. The SMILES string of the molecule is COc1ccc(N2CCOCC2)c2sc(C(=O)NCC3CC3)nc12. The number of thiazole rings is 1. The second-order valence-electron chi connectivity index (χ2n) is 6.24. The van der Waals surface area contributed by atoms with Crippen LogP contribution in [0.2, 0.25) is 0 Å². The summed E-state index contributed by atoms with van der Waals surface area (Å²) in [5.41, 5.74) is 1.87. The molecule has 1 aliphatic heterocycles. The summed E-state index contributed by atoms with van der Waals surface area (Å²) < 4.78 is 11.9. The van der Waals surface area contributed by atoms with Crippen LogP contribution in [0.5, 0.6) is 5.75 Å². The van der Waals surface area contributed by atoms with Crippen LogP contribution < -0.4 is 15.0 Å². The molecule has 4 rings (SSSR count). The van der Waals surface area contributed by atoms with Crippen LogP contribution in [-0.4, -0.2) is 50.8 Å². The first-order valence-corrected chi connectivity index (χ1v) is 9.16. The molecule has 6 nitrogen and oxygen atoms in total. The molecule has 0 radical (unpaired) electrons. The summed E-state index contributed by atoms with van der Waals surface area (Å²) in [5.74, 6) is 1.28. The summed E-state index contributed by atoms with van der Waals surface area (Å²) in [5, 5.41) is 3.50. The molecule has 0 bridgehead atoms. The molecule has 2 heterocycles. The van der Waals surface area contributed by atoms with E-state index in [4.69, 9.17) is 9.47 Å². The van der Waals surface area contributed by atoms with Crippen molar-refractivity contribution in [2.75, 3.05) is 44.9 Å². The van der Waals surface area contributed by atoms with Crippen molar-refractivity contribution in [3.05, 3.63) is 17.1 Å². The van der Waals surface area contributed by atoms with Crippen LogP contribution in [0.1, 0.15) is 22.6 Å². The van der Waals surface area contributed by atoms with E-state index in [9.17, 15) is 4.79 Å². The number of aromatic nitrogens is 1. The number of methoxy groups -OCH3 is 1. The number of hydrogen-bond donors (Lipinski definition) is 1. The van der Waals surface area contributed by atoms with Gasteiger partial charge in [-0.1, -0.05) is 0 Å². The molecule has 1 aliphatic carbocycles. The molecule has 1 aromatic heterocycles. The fourth-order valence-corrected chi connectivity index (χ4v) is 3.96. The average Bonchev–Trinajstić information content (AvgIpc) is 3.35. The topological polar surface area (TPSA) is 63.7 Å². The number of fused-ring (bicyclic) bond motifs is 1. The second-order valence-corrected chi connectivity index (χ2v) is 7.24. The third kappa shape index (κ3) is 3.06. The van der Waals surface area contributed by atoms with Crippen molar-refractivity contribution < 1.29 is 14.3 Å². The molecule has 0 atom stereocenters. The van der Waals surface area contributed by atoms with E-state index in [-0.39, 0.29) is 5.91 Å². The number of amides is 1. The Kier molecular flexibility index (Phi) is 4.28. The Bertz CT molecular complexity index is 751. The van der Waals surface area contributed by atoms with E-state index < -0.39 is 0 Å². The maximum absolute atomic E-state index is 12.4. The molecular weight excluding hydrogens is 326 g/mol. The van der Waals surface area contributed by atoms with Gasteiger partial charge in [-0.15, -0.1) is 11.3 Å². The first kappa shape index (κ1) is 15.7. The van der Waals surface area contributed by atoms with Crippen LogP contribution in [0.15, 0.2) is 12.1 Å². The molecule has 1 saturated carbocycles. The third-order valence-corrected chi connectivity index (χ3v) is 5.58. The third-order valence-electron chi connectivity index (χ3n) is 4.50. The van der Waals surface area contributed by atoms with Crippen molar-refractivity contribution >= 4 is 33.1 Å². The largest absolute Gasteiger partial charge is 0.494 e. The summed E-state index contributed by atoms with van der Waals surface area (Å²) >= 11 is 1.44. The monoisotopic (exact) mass is 347 g/mol. The van der Waals surface area contributed by atoms with E-state index in [2.05, 4.69) is 21.3 Å². The highest BCUT2D eigenvalue weighted by molar-refractivity contribution is 7.21. The standard InChI is InChI=1S/C17H21N3O3S/c1-22-13-5-4-12(20-6-8-23-9-7-20)15-14(13)19-17(24-15)16(21)18-10-11-2-3-11/h4-5,11H,2-3,6-10H2,1H3,(H,18,21). The number of nitrogens with one attached hydrogen (secondary N) is 1. The normalized spacial score (nSPS) is 18.0. The lowest BCUT2D eigenvalue weighted by molar-refractivity contribution is 0.0951. The fraction of sp³-hybridized carbons (Fsp3) is 0.529. The second kappa shape index (κ2) is 6.57. The number of anilines is 1. The van der Waals surface area contributed by atoms with E-state index in [0.29, 0.717) is 16.7 Å². The lowest BCUT2D eigenvalue weighted by atomic mass is 10.2. The van der Waals surface area contributed by atoms with Gasteiger partial charge in [0.2, 0.25) is 0 Å². The van der Waals surface area contributed by atoms with Gasteiger partial charge in [0.1, 0.15) is 11.3 Å². The van der Waals surface area contributed by atoms with Gasteiger partial charge in [-0.2, -0.15) is 0 Å². The number of ether oxygens (including phenoxy) is 2. The quantitative estimate of drug-likeness (QED) is 0.899.